The number of benzene rings is 2. The van der Waals surface area contributed by atoms with Crippen LogP contribution in [0.3, 0.4) is 0 Å². The summed E-state index contributed by atoms with van der Waals surface area (Å²) in [4.78, 5) is 52.9. The highest BCUT2D eigenvalue weighted by Gasteiger charge is 2.40. The van der Waals surface area contributed by atoms with Crippen LogP contribution < -0.4 is 26.0 Å². The lowest BCUT2D eigenvalue weighted by Crippen LogP contribution is -2.53. The smallest absolute Gasteiger partial charge is 0.408 e. The second-order valence-corrected chi connectivity index (χ2v) is 27.7. The number of methoxy groups -OCH3 is 1. The molecule has 4 fully saturated rings. The first kappa shape index (κ1) is 54.4. The molecule has 5 heterocycles. The first-order valence-electron chi connectivity index (χ1n) is 26.7. The van der Waals surface area contributed by atoms with Crippen molar-refractivity contribution in [3.05, 3.63) is 77.6 Å². The lowest BCUT2D eigenvalue weighted by atomic mass is 9.84. The maximum Gasteiger partial charge on any atom is 0.408 e. The van der Waals surface area contributed by atoms with Gasteiger partial charge in [0.25, 0.3) is 0 Å². The number of rotatable bonds is 19. The minimum Gasteiger partial charge on any atom is -0.445 e. The lowest BCUT2D eigenvalue weighted by molar-refractivity contribution is -0.164. The number of piperazine rings is 1. The van der Waals surface area contributed by atoms with Crippen molar-refractivity contribution in [2.45, 2.75) is 149 Å². The number of amides is 1. The molecule has 2 aromatic heterocycles. The van der Waals surface area contributed by atoms with Gasteiger partial charge in [0.2, 0.25) is 0 Å². The van der Waals surface area contributed by atoms with E-state index < -0.39 is 44.5 Å². The highest BCUT2D eigenvalue weighted by atomic mass is 28.4. The molecule has 1 unspecified atom stereocenters. The van der Waals surface area contributed by atoms with Crippen molar-refractivity contribution in [3.8, 4) is 11.3 Å². The minimum atomic E-state index is -2.07. The molecule has 398 valence electrons. The molecule has 17 heteroatoms. The maximum absolute atomic E-state index is 13.8. The summed E-state index contributed by atoms with van der Waals surface area (Å²) in [6, 6.07) is 17.3. The molecule has 3 aliphatic heterocycles. The van der Waals surface area contributed by atoms with E-state index in [2.05, 4.69) is 121 Å². The van der Waals surface area contributed by atoms with Crippen LogP contribution in [-0.2, 0) is 52.5 Å². The molecule has 4 aliphatic rings. The number of hydrogen-bond acceptors (Lipinski definition) is 14. The Bertz CT molecular complexity index is 2530. The molecular formula is C56H82N8O8Si. The van der Waals surface area contributed by atoms with Crippen LogP contribution in [0.2, 0.25) is 18.1 Å². The first-order chi connectivity index (χ1) is 34.8. The van der Waals surface area contributed by atoms with Gasteiger partial charge < -0.3 is 43.1 Å². The number of pyridine rings is 1. The Morgan fingerprint density at radius 2 is 1.70 bits per heavy atom. The van der Waals surface area contributed by atoms with Crippen LogP contribution in [0.5, 0.6) is 0 Å². The Hall–Kier alpha value is -4.88. The van der Waals surface area contributed by atoms with E-state index in [0.717, 1.165) is 96.4 Å². The number of fused-ring (bicyclic) bond motifs is 1. The Kier molecular flexibility index (Phi) is 17.4. The van der Waals surface area contributed by atoms with Gasteiger partial charge in [0, 0.05) is 101 Å². The number of esters is 2. The van der Waals surface area contributed by atoms with E-state index in [4.69, 9.17) is 28.4 Å². The van der Waals surface area contributed by atoms with Crippen molar-refractivity contribution in [1.29, 1.82) is 0 Å². The zero-order chi connectivity index (χ0) is 52.1. The van der Waals surface area contributed by atoms with E-state index in [1.54, 1.807) is 7.11 Å². The summed E-state index contributed by atoms with van der Waals surface area (Å²) in [5, 5.41) is 3.94. The summed E-state index contributed by atoms with van der Waals surface area (Å²) in [6.07, 6.45) is 5.20. The number of hydrazine groups is 1. The van der Waals surface area contributed by atoms with Gasteiger partial charge in [-0.05, 0) is 105 Å². The SMILES string of the molecule is CCn1c(-c2cc(N3CCN(C4CC4)CC3)cnc2[C@H](C)OC)c(CC(C)(C)CO[Si](C)(C)C(C)(C)C)c2cc(N3CCO[C@@H](C[C@H](NC(=O)OCc4ccccc4)C(=O)OC(=O)C4CCCNN4)C3)ccc21. The molecule has 16 nitrogen and oxygen atoms in total. The molecule has 0 radical (unpaired) electrons. The number of aromatic nitrogens is 2. The molecule has 8 rings (SSSR count). The van der Waals surface area contributed by atoms with Crippen molar-refractivity contribution in [1.82, 2.24) is 30.6 Å². The van der Waals surface area contributed by atoms with Gasteiger partial charge in [-0.2, -0.15) is 0 Å². The molecule has 1 aliphatic carbocycles. The van der Waals surface area contributed by atoms with Crippen LogP contribution in [0.1, 0.15) is 103 Å². The summed E-state index contributed by atoms with van der Waals surface area (Å²) < 4.78 is 32.8. The Morgan fingerprint density at radius 3 is 2.37 bits per heavy atom. The van der Waals surface area contributed by atoms with Crippen LogP contribution in [0, 0.1) is 5.41 Å². The number of aryl methyl sites for hydroxylation is 1. The molecule has 73 heavy (non-hydrogen) atoms. The average Bonchev–Trinajstić information content (AvgIpc) is 4.20. The first-order valence-corrected chi connectivity index (χ1v) is 29.6. The number of hydrogen-bond donors (Lipinski definition) is 3. The summed E-state index contributed by atoms with van der Waals surface area (Å²) in [7, 11) is -0.314. The van der Waals surface area contributed by atoms with Crippen molar-refractivity contribution in [2.24, 2.45) is 5.41 Å². The van der Waals surface area contributed by atoms with E-state index in [9.17, 15) is 14.4 Å². The van der Waals surface area contributed by atoms with Gasteiger partial charge in [-0.25, -0.2) is 19.8 Å². The molecule has 4 aromatic rings. The molecule has 2 aromatic carbocycles. The Labute approximate surface area is 434 Å². The number of ether oxygens (including phenoxy) is 4. The van der Waals surface area contributed by atoms with Gasteiger partial charge in [-0.15, -0.1) is 0 Å². The molecule has 3 saturated heterocycles. The third-order valence-corrected chi connectivity index (χ3v) is 20.2. The van der Waals surface area contributed by atoms with Crippen LogP contribution in [0.15, 0.2) is 60.8 Å². The summed E-state index contributed by atoms with van der Waals surface area (Å²) in [5.74, 6) is -1.57. The van der Waals surface area contributed by atoms with Gasteiger partial charge in [0.05, 0.1) is 42.1 Å². The molecule has 4 atom stereocenters. The number of nitrogens with zero attached hydrogens (tertiary/aromatic N) is 5. The van der Waals surface area contributed by atoms with Gasteiger partial charge in [0.15, 0.2) is 8.32 Å². The van der Waals surface area contributed by atoms with Gasteiger partial charge in [-0.3, -0.25) is 15.3 Å². The fourth-order valence-corrected chi connectivity index (χ4v) is 11.3. The van der Waals surface area contributed by atoms with Crippen LogP contribution in [-0.4, -0.2) is 131 Å². The summed E-state index contributed by atoms with van der Waals surface area (Å²) >= 11 is 0. The van der Waals surface area contributed by atoms with Crippen LogP contribution in [0.25, 0.3) is 22.2 Å². The van der Waals surface area contributed by atoms with Crippen LogP contribution in [0.4, 0.5) is 16.2 Å². The highest BCUT2D eigenvalue weighted by Crippen LogP contribution is 2.44. The Morgan fingerprint density at radius 1 is 0.945 bits per heavy atom. The van der Waals surface area contributed by atoms with Gasteiger partial charge >= 0.3 is 18.0 Å². The largest absolute Gasteiger partial charge is 0.445 e. The predicted octanol–water partition coefficient (Wildman–Crippen LogP) is 8.52. The van der Waals surface area contributed by atoms with E-state index in [-0.39, 0.29) is 29.6 Å². The second-order valence-electron chi connectivity index (χ2n) is 22.9. The topological polar surface area (TPSA) is 161 Å². The third-order valence-electron chi connectivity index (χ3n) is 15.7. The second kappa shape index (κ2) is 23.3. The third kappa shape index (κ3) is 13.3. The fourth-order valence-electron chi connectivity index (χ4n) is 10.2. The van der Waals surface area contributed by atoms with Crippen molar-refractivity contribution in [2.75, 3.05) is 75.9 Å². The standard InChI is InChI=1S/C56H82N8O8Si/c1-11-64-49-22-21-41(63-28-29-69-43(35-63)32-48(53(66)72-52(65)47-18-15-23-58-60-47)59-54(67)70-36-39-16-13-12-14-17-39)30-44(49)46(33-56(6,7)37-71-73(9,10)55(3,4)5)51(64)45-31-42(34-57-50(45)38(2)68-8)62-26-24-61(25-27-62)40-19-20-40/h12-14,16-17,21-22,30-31,34,38,40,43,47-48,58,60H,11,15,18-20,23-29,32-33,35-37H2,1-10H3,(H,59,67)/t38-,43-,47?,48-/m0/s1. The predicted molar refractivity (Wildman–Crippen MR) is 289 cm³/mol. The maximum atomic E-state index is 13.8. The Balaban J connectivity index is 1.12. The van der Waals surface area contributed by atoms with Gasteiger partial charge in [-0.1, -0.05) is 65.0 Å². The monoisotopic (exact) mass is 1020 g/mol. The van der Waals surface area contributed by atoms with E-state index in [0.29, 0.717) is 39.3 Å². The van der Waals surface area contributed by atoms with Crippen LogP contribution >= 0.6 is 0 Å². The number of nitrogens with one attached hydrogen (secondary N) is 3. The molecular weight excluding hydrogens is 941 g/mol. The average molecular weight is 1020 g/mol. The van der Waals surface area contributed by atoms with E-state index in [1.165, 1.54) is 18.4 Å². The molecule has 3 N–H and O–H groups in total. The fraction of sp³-hybridized carbons (Fsp3) is 0.607. The zero-order valence-corrected chi connectivity index (χ0v) is 46.2. The molecule has 1 amide bonds. The minimum absolute atomic E-state index is 0.0117. The van der Waals surface area contributed by atoms with E-state index in [1.807, 2.05) is 36.5 Å². The molecule has 0 bridgehead atoms. The van der Waals surface area contributed by atoms with Crippen molar-refractivity contribution >= 4 is 48.6 Å². The number of alkyl carbamates (subject to hydrolysis) is 1. The summed E-state index contributed by atoms with van der Waals surface area (Å²) in [5.41, 5.74) is 14.1. The normalized spacial score (nSPS) is 20.2. The van der Waals surface area contributed by atoms with E-state index >= 15 is 0 Å². The molecule has 1 saturated carbocycles. The quantitative estimate of drug-likeness (QED) is 0.0466. The number of anilines is 2. The lowest BCUT2D eigenvalue weighted by Gasteiger charge is -2.39. The zero-order valence-electron chi connectivity index (χ0n) is 45.2. The number of morpholine rings is 1. The summed E-state index contributed by atoms with van der Waals surface area (Å²) in [6.45, 7) is 28.0. The highest BCUT2D eigenvalue weighted by molar-refractivity contribution is 6.74. The van der Waals surface area contributed by atoms with Crippen molar-refractivity contribution < 1.29 is 37.8 Å². The number of carbonyl (C=O) groups is 3. The van der Waals surface area contributed by atoms with Crippen molar-refractivity contribution in [3.63, 3.8) is 0 Å². The van der Waals surface area contributed by atoms with Gasteiger partial charge in [0.1, 0.15) is 18.7 Å². The molecule has 0 spiro atoms. The number of carbonyl (C=O) groups excluding carboxylic acids is 3.